The van der Waals surface area contributed by atoms with E-state index in [0.717, 1.165) is 42.5 Å². The summed E-state index contributed by atoms with van der Waals surface area (Å²) in [6.07, 6.45) is 5.90. The zero-order valence-electron chi connectivity index (χ0n) is 12.7. The Hall–Kier alpha value is -1.94. The third-order valence-corrected chi connectivity index (χ3v) is 5.09. The minimum Gasteiger partial charge on any atom is -0.356 e. The molecule has 22 heavy (non-hydrogen) atoms. The van der Waals surface area contributed by atoms with Crippen LogP contribution in [0.2, 0.25) is 0 Å². The average Bonchev–Trinajstić information content (AvgIpc) is 2.84. The van der Waals surface area contributed by atoms with E-state index in [9.17, 15) is 9.18 Å². The number of nitrogens with two attached hydrogens (primary N) is 1. The Morgan fingerprint density at radius 3 is 2.77 bits per heavy atom. The molecule has 1 fully saturated rings. The van der Waals surface area contributed by atoms with Crippen molar-refractivity contribution in [3.63, 3.8) is 0 Å². The zero-order chi connectivity index (χ0) is 15.7. The highest BCUT2D eigenvalue weighted by atomic mass is 19.1. The fourth-order valence-electron chi connectivity index (χ4n) is 3.66. The number of hydrogen-bond acceptors (Lipinski definition) is 3. The standard InChI is InChI=1S/C18H21FN2O/c1-18-9-12(10-20)17(8-13(18)2-3-14(18)11-22)21-16-6-4-15(19)5-7-16/h4-8,11,14,21H,2-3,9-10,20H2,1H3/t14-,18+/m1/s1. The number of allylic oxidation sites excluding steroid dienone is 2. The Kier molecular flexibility index (Phi) is 3.87. The Balaban J connectivity index is 1.91. The Morgan fingerprint density at radius 2 is 2.14 bits per heavy atom. The number of hydrogen-bond donors (Lipinski definition) is 2. The highest BCUT2D eigenvalue weighted by Gasteiger charge is 2.44. The normalized spacial score (nSPS) is 27.4. The van der Waals surface area contributed by atoms with Crippen LogP contribution in [0.5, 0.6) is 0 Å². The minimum atomic E-state index is -0.252. The molecule has 3 nitrogen and oxygen atoms in total. The highest BCUT2D eigenvalue weighted by Crippen LogP contribution is 2.53. The minimum absolute atomic E-state index is 0.0765. The molecule has 2 aliphatic rings. The molecule has 1 aromatic carbocycles. The first-order valence-electron chi connectivity index (χ1n) is 7.68. The molecule has 0 heterocycles. The van der Waals surface area contributed by atoms with Crippen LogP contribution in [0, 0.1) is 17.2 Å². The zero-order valence-corrected chi connectivity index (χ0v) is 12.7. The second-order valence-electron chi connectivity index (χ2n) is 6.40. The fourth-order valence-corrected chi connectivity index (χ4v) is 3.66. The van der Waals surface area contributed by atoms with Crippen molar-refractivity contribution in [3.8, 4) is 0 Å². The molecular weight excluding hydrogens is 279 g/mol. The quantitative estimate of drug-likeness (QED) is 0.838. The molecule has 0 aromatic heterocycles. The van der Waals surface area contributed by atoms with E-state index >= 15 is 0 Å². The van der Waals surface area contributed by atoms with Crippen LogP contribution >= 0.6 is 0 Å². The summed E-state index contributed by atoms with van der Waals surface area (Å²) in [6, 6.07) is 6.30. The maximum Gasteiger partial charge on any atom is 0.123 e. The van der Waals surface area contributed by atoms with Crippen molar-refractivity contribution in [2.45, 2.75) is 26.2 Å². The van der Waals surface area contributed by atoms with E-state index in [0.29, 0.717) is 6.54 Å². The van der Waals surface area contributed by atoms with Gasteiger partial charge < -0.3 is 15.8 Å². The van der Waals surface area contributed by atoms with Crippen molar-refractivity contribution in [1.82, 2.24) is 0 Å². The topological polar surface area (TPSA) is 55.1 Å². The van der Waals surface area contributed by atoms with Gasteiger partial charge in [-0.25, -0.2) is 4.39 Å². The molecule has 1 saturated carbocycles. The third kappa shape index (κ3) is 2.48. The SMILES string of the molecule is C[C@]12CC(CN)=C(Nc3ccc(F)cc3)C=C1CC[C@@H]2C=O. The van der Waals surface area contributed by atoms with E-state index in [1.54, 1.807) is 12.1 Å². The first kappa shape index (κ1) is 15.0. The number of benzene rings is 1. The summed E-state index contributed by atoms with van der Waals surface area (Å²) in [5.41, 5.74) is 10.1. The fraction of sp³-hybridized carbons (Fsp3) is 0.389. The molecule has 2 aliphatic carbocycles. The van der Waals surface area contributed by atoms with Crippen LogP contribution in [0.3, 0.4) is 0 Å². The van der Waals surface area contributed by atoms with Gasteiger partial charge in [0.05, 0.1) is 0 Å². The maximum absolute atomic E-state index is 13.0. The maximum atomic E-state index is 13.0. The molecule has 0 bridgehead atoms. The second kappa shape index (κ2) is 5.69. The Labute approximate surface area is 130 Å². The summed E-state index contributed by atoms with van der Waals surface area (Å²) in [6.45, 7) is 2.61. The van der Waals surface area contributed by atoms with E-state index in [1.807, 2.05) is 0 Å². The van der Waals surface area contributed by atoms with Crippen molar-refractivity contribution in [2.24, 2.45) is 17.1 Å². The molecule has 0 spiro atoms. The second-order valence-corrected chi connectivity index (χ2v) is 6.40. The number of rotatable bonds is 4. The van der Waals surface area contributed by atoms with E-state index in [-0.39, 0.29) is 17.2 Å². The molecule has 0 amide bonds. The summed E-state index contributed by atoms with van der Waals surface area (Å²) in [5, 5.41) is 3.34. The van der Waals surface area contributed by atoms with Crippen molar-refractivity contribution in [1.29, 1.82) is 0 Å². The molecule has 3 N–H and O–H groups in total. The van der Waals surface area contributed by atoms with Crippen LogP contribution in [0.4, 0.5) is 10.1 Å². The van der Waals surface area contributed by atoms with Crippen LogP contribution in [0.25, 0.3) is 0 Å². The lowest BCUT2D eigenvalue weighted by molar-refractivity contribution is -0.113. The van der Waals surface area contributed by atoms with Gasteiger partial charge in [-0.05, 0) is 55.2 Å². The molecule has 0 radical (unpaired) electrons. The van der Waals surface area contributed by atoms with E-state index in [1.165, 1.54) is 17.7 Å². The van der Waals surface area contributed by atoms with Gasteiger partial charge in [-0.15, -0.1) is 0 Å². The summed E-state index contributed by atoms with van der Waals surface area (Å²) >= 11 is 0. The summed E-state index contributed by atoms with van der Waals surface area (Å²) in [7, 11) is 0. The molecule has 116 valence electrons. The van der Waals surface area contributed by atoms with Gasteiger partial charge in [0.2, 0.25) is 0 Å². The number of fused-ring (bicyclic) bond motifs is 1. The van der Waals surface area contributed by atoms with Gasteiger partial charge in [0.1, 0.15) is 12.1 Å². The highest BCUT2D eigenvalue weighted by molar-refractivity contribution is 5.62. The van der Waals surface area contributed by atoms with Crippen LogP contribution in [-0.2, 0) is 4.79 Å². The van der Waals surface area contributed by atoms with Crippen LogP contribution in [-0.4, -0.2) is 12.8 Å². The van der Waals surface area contributed by atoms with Gasteiger partial charge >= 0.3 is 0 Å². The number of carbonyl (C=O) groups is 1. The molecule has 0 aliphatic heterocycles. The molecular formula is C18H21FN2O. The molecule has 2 atom stereocenters. The molecule has 0 saturated heterocycles. The van der Waals surface area contributed by atoms with E-state index < -0.39 is 0 Å². The lowest BCUT2D eigenvalue weighted by Gasteiger charge is -2.35. The number of halogens is 1. The molecule has 0 unspecified atom stereocenters. The monoisotopic (exact) mass is 300 g/mol. The van der Waals surface area contributed by atoms with Gasteiger partial charge in [0.25, 0.3) is 0 Å². The summed E-state index contributed by atoms with van der Waals surface area (Å²) < 4.78 is 13.0. The van der Waals surface area contributed by atoms with Gasteiger partial charge in [-0.1, -0.05) is 12.5 Å². The smallest absolute Gasteiger partial charge is 0.123 e. The average molecular weight is 300 g/mol. The number of aldehydes is 1. The summed E-state index contributed by atoms with van der Waals surface area (Å²) in [4.78, 5) is 11.3. The van der Waals surface area contributed by atoms with Gasteiger partial charge in [-0.2, -0.15) is 0 Å². The van der Waals surface area contributed by atoms with Gasteiger partial charge in [-0.3, -0.25) is 0 Å². The van der Waals surface area contributed by atoms with Crippen LogP contribution in [0.15, 0.2) is 47.2 Å². The summed E-state index contributed by atoms with van der Waals surface area (Å²) in [5.74, 6) is -0.176. The van der Waals surface area contributed by atoms with Crippen molar-refractivity contribution >= 4 is 12.0 Å². The lowest BCUT2D eigenvalue weighted by atomic mass is 9.70. The molecule has 3 rings (SSSR count). The van der Waals surface area contributed by atoms with Crippen molar-refractivity contribution in [3.05, 3.63) is 53.0 Å². The number of carbonyl (C=O) groups excluding carboxylic acids is 1. The Bertz CT molecular complexity index is 648. The van der Waals surface area contributed by atoms with Gasteiger partial charge in [0, 0.05) is 29.3 Å². The lowest BCUT2D eigenvalue weighted by Crippen LogP contribution is -2.30. The molecule has 1 aromatic rings. The molecule has 4 heteroatoms. The predicted molar refractivity (Wildman–Crippen MR) is 85.7 cm³/mol. The van der Waals surface area contributed by atoms with E-state index in [4.69, 9.17) is 5.73 Å². The number of nitrogens with one attached hydrogen (secondary N) is 1. The van der Waals surface area contributed by atoms with E-state index in [2.05, 4.69) is 18.3 Å². The Morgan fingerprint density at radius 1 is 1.41 bits per heavy atom. The van der Waals surface area contributed by atoms with Crippen LogP contribution < -0.4 is 11.1 Å². The third-order valence-electron chi connectivity index (χ3n) is 5.09. The first-order chi connectivity index (χ1) is 10.6. The van der Waals surface area contributed by atoms with Crippen LogP contribution in [0.1, 0.15) is 26.2 Å². The van der Waals surface area contributed by atoms with Crippen molar-refractivity contribution in [2.75, 3.05) is 11.9 Å². The predicted octanol–water partition coefficient (Wildman–Crippen LogP) is 3.40. The largest absolute Gasteiger partial charge is 0.356 e. The number of anilines is 1. The van der Waals surface area contributed by atoms with Crippen molar-refractivity contribution < 1.29 is 9.18 Å². The first-order valence-corrected chi connectivity index (χ1v) is 7.68. The van der Waals surface area contributed by atoms with Gasteiger partial charge in [0.15, 0.2) is 0 Å².